The highest BCUT2D eigenvalue weighted by Crippen LogP contribution is 2.37. The van der Waals surface area contributed by atoms with Crippen LogP contribution in [0, 0.1) is 5.92 Å². The molecule has 2 heteroatoms. The first-order valence-corrected chi connectivity index (χ1v) is 6.92. The van der Waals surface area contributed by atoms with Crippen molar-refractivity contribution in [3.8, 4) is 0 Å². The van der Waals surface area contributed by atoms with Crippen molar-refractivity contribution in [1.29, 1.82) is 0 Å². The zero-order valence-corrected chi connectivity index (χ0v) is 11.2. The molecule has 0 N–H and O–H groups in total. The summed E-state index contributed by atoms with van der Waals surface area (Å²) in [5.41, 5.74) is 2.37. The Bertz CT molecular complexity index is 395. The Morgan fingerprint density at radius 2 is 1.82 bits per heavy atom. The van der Waals surface area contributed by atoms with Crippen LogP contribution in [0.2, 0.25) is 0 Å². The summed E-state index contributed by atoms with van der Waals surface area (Å²) < 4.78 is 0. The molecule has 0 atom stereocenters. The molecule has 0 radical (unpaired) electrons. The summed E-state index contributed by atoms with van der Waals surface area (Å²) in [7, 11) is 0. The lowest BCUT2D eigenvalue weighted by Crippen LogP contribution is -2.12. The fourth-order valence-electron chi connectivity index (χ4n) is 2.78. The van der Waals surface area contributed by atoms with Crippen LogP contribution in [0.4, 0.5) is 5.69 Å². The lowest BCUT2D eigenvalue weighted by Gasteiger charge is -2.28. The summed E-state index contributed by atoms with van der Waals surface area (Å²) in [6.45, 7) is 2.31. The maximum atomic E-state index is 4.60. The van der Waals surface area contributed by atoms with Gasteiger partial charge in [-0.25, -0.2) is 0 Å². The Labute approximate surface area is 109 Å². The van der Waals surface area contributed by atoms with Gasteiger partial charge in [-0.15, -0.1) is 0 Å². The highest BCUT2D eigenvalue weighted by molar-refractivity contribution is 7.78. The number of hydrogen-bond acceptors (Lipinski definition) is 2. The first kappa shape index (κ1) is 12.5. The summed E-state index contributed by atoms with van der Waals surface area (Å²) in [6, 6.07) is 8.48. The van der Waals surface area contributed by atoms with E-state index in [1.807, 2.05) is 12.1 Å². The van der Waals surface area contributed by atoms with Crippen LogP contribution in [0.1, 0.15) is 50.5 Å². The molecule has 0 amide bonds. The fourth-order valence-corrected chi connectivity index (χ4v) is 2.88. The van der Waals surface area contributed by atoms with Crippen molar-refractivity contribution in [2.75, 3.05) is 0 Å². The molecule has 1 nitrogen and oxygen atoms in total. The number of thiocarbonyl (C=S) groups is 1. The minimum Gasteiger partial charge on any atom is -0.195 e. The predicted octanol–water partition coefficient (Wildman–Crippen LogP) is 5.10. The van der Waals surface area contributed by atoms with E-state index in [0.29, 0.717) is 0 Å². The van der Waals surface area contributed by atoms with Gasteiger partial charge in [-0.2, -0.15) is 4.99 Å². The lowest BCUT2D eigenvalue weighted by molar-refractivity contribution is 0.319. The van der Waals surface area contributed by atoms with Crippen molar-refractivity contribution in [2.45, 2.75) is 44.9 Å². The molecule has 1 aliphatic carbocycles. The van der Waals surface area contributed by atoms with Crippen LogP contribution < -0.4 is 0 Å². The summed E-state index contributed by atoms with van der Waals surface area (Å²) in [5.74, 6) is 1.72. The molecule has 1 aliphatic rings. The van der Waals surface area contributed by atoms with E-state index in [1.165, 1.54) is 37.7 Å². The number of rotatable bonds is 3. The van der Waals surface area contributed by atoms with Crippen LogP contribution in [-0.2, 0) is 0 Å². The van der Waals surface area contributed by atoms with Gasteiger partial charge in [0.2, 0.25) is 0 Å². The molecule has 17 heavy (non-hydrogen) atoms. The molecule has 1 aromatic rings. The van der Waals surface area contributed by atoms with Gasteiger partial charge in [-0.1, -0.05) is 25.5 Å². The lowest BCUT2D eigenvalue weighted by atomic mass is 9.78. The Morgan fingerprint density at radius 1 is 1.18 bits per heavy atom. The van der Waals surface area contributed by atoms with Gasteiger partial charge in [0, 0.05) is 0 Å². The van der Waals surface area contributed by atoms with Crippen molar-refractivity contribution in [3.63, 3.8) is 0 Å². The summed E-state index contributed by atoms with van der Waals surface area (Å²) in [5, 5.41) is 2.40. The zero-order valence-electron chi connectivity index (χ0n) is 10.4. The minimum absolute atomic E-state index is 0.753. The van der Waals surface area contributed by atoms with Gasteiger partial charge in [0.25, 0.3) is 0 Å². The second kappa shape index (κ2) is 6.09. The quantitative estimate of drug-likeness (QED) is 0.533. The fraction of sp³-hybridized carbons (Fsp3) is 0.533. The molecule has 0 unspecified atom stereocenters. The number of benzene rings is 1. The van der Waals surface area contributed by atoms with Gasteiger partial charge in [-0.3, -0.25) is 0 Å². The first-order valence-electron chi connectivity index (χ1n) is 6.51. The molecule has 0 aliphatic heterocycles. The van der Waals surface area contributed by atoms with Crippen LogP contribution in [0.25, 0.3) is 0 Å². The van der Waals surface area contributed by atoms with Gasteiger partial charge >= 0.3 is 0 Å². The van der Waals surface area contributed by atoms with Crippen molar-refractivity contribution in [2.24, 2.45) is 10.9 Å². The van der Waals surface area contributed by atoms with Gasteiger partial charge < -0.3 is 0 Å². The van der Waals surface area contributed by atoms with E-state index >= 15 is 0 Å². The predicted molar refractivity (Wildman–Crippen MR) is 76.1 cm³/mol. The molecular formula is C15H19NS. The molecule has 90 valence electrons. The van der Waals surface area contributed by atoms with Gasteiger partial charge in [0.1, 0.15) is 0 Å². The third-order valence-corrected chi connectivity index (χ3v) is 4.05. The van der Waals surface area contributed by atoms with Crippen molar-refractivity contribution in [1.82, 2.24) is 0 Å². The molecule has 0 saturated heterocycles. The van der Waals surface area contributed by atoms with Crippen LogP contribution in [0.15, 0.2) is 29.3 Å². The highest BCUT2D eigenvalue weighted by Gasteiger charge is 2.20. The summed E-state index contributed by atoms with van der Waals surface area (Å²) in [4.78, 5) is 3.98. The van der Waals surface area contributed by atoms with E-state index in [4.69, 9.17) is 0 Å². The first-order chi connectivity index (χ1) is 8.33. The van der Waals surface area contributed by atoms with E-state index in [-0.39, 0.29) is 0 Å². The third kappa shape index (κ3) is 3.24. The molecule has 0 heterocycles. The highest BCUT2D eigenvalue weighted by atomic mass is 32.1. The Balaban J connectivity index is 2.01. The van der Waals surface area contributed by atoms with Crippen LogP contribution >= 0.6 is 12.2 Å². The van der Waals surface area contributed by atoms with E-state index in [2.05, 4.69) is 41.4 Å². The average Bonchev–Trinajstić information content (AvgIpc) is 2.40. The van der Waals surface area contributed by atoms with E-state index in [9.17, 15) is 0 Å². The van der Waals surface area contributed by atoms with E-state index < -0.39 is 0 Å². The molecule has 0 bridgehead atoms. The van der Waals surface area contributed by atoms with Crippen LogP contribution in [-0.4, -0.2) is 5.16 Å². The van der Waals surface area contributed by atoms with Crippen molar-refractivity contribution < 1.29 is 0 Å². The molecule has 1 saturated carbocycles. The summed E-state index contributed by atoms with van der Waals surface area (Å²) >= 11 is 4.60. The normalized spacial score (nSPS) is 24.1. The second-order valence-electron chi connectivity index (χ2n) is 4.92. The Kier molecular flexibility index (Phi) is 4.47. The van der Waals surface area contributed by atoms with Crippen molar-refractivity contribution >= 4 is 23.1 Å². The average molecular weight is 245 g/mol. The monoisotopic (exact) mass is 245 g/mol. The SMILES string of the molecule is CCC1CCC(c2ccc(N=C=S)cc2)CC1. The number of aliphatic imine (C=N–C) groups is 1. The molecule has 0 spiro atoms. The number of hydrogen-bond donors (Lipinski definition) is 0. The molecular weight excluding hydrogens is 226 g/mol. The maximum absolute atomic E-state index is 4.60. The van der Waals surface area contributed by atoms with Gasteiger partial charge in [0.15, 0.2) is 0 Å². The number of nitrogens with zero attached hydrogens (tertiary/aromatic N) is 1. The molecule has 0 aromatic heterocycles. The molecule has 2 rings (SSSR count). The van der Waals surface area contributed by atoms with E-state index in [1.54, 1.807) is 0 Å². The smallest absolute Gasteiger partial charge is 0.0739 e. The largest absolute Gasteiger partial charge is 0.195 e. The topological polar surface area (TPSA) is 12.4 Å². The van der Waals surface area contributed by atoms with Crippen LogP contribution in [0.5, 0.6) is 0 Å². The van der Waals surface area contributed by atoms with Crippen LogP contribution in [0.3, 0.4) is 0 Å². The molecule has 1 aromatic carbocycles. The Morgan fingerprint density at radius 3 is 2.35 bits per heavy atom. The van der Waals surface area contributed by atoms with Gasteiger partial charge in [-0.05, 0) is 67.4 Å². The maximum Gasteiger partial charge on any atom is 0.0739 e. The third-order valence-electron chi connectivity index (χ3n) is 3.96. The zero-order chi connectivity index (χ0) is 12.1. The van der Waals surface area contributed by atoms with Gasteiger partial charge in [0.05, 0.1) is 10.8 Å². The minimum atomic E-state index is 0.753. The van der Waals surface area contributed by atoms with E-state index in [0.717, 1.165) is 17.5 Å². The Hall–Kier alpha value is -0.980. The van der Waals surface area contributed by atoms with Crippen molar-refractivity contribution in [3.05, 3.63) is 29.8 Å². The standard InChI is InChI=1S/C15H19NS/c1-2-12-3-5-13(6-4-12)14-7-9-15(10-8-14)16-11-17/h7-10,12-13H,2-6H2,1H3. The summed E-state index contributed by atoms with van der Waals surface area (Å²) in [6.07, 6.45) is 6.81. The molecule has 1 fully saturated rings. The second-order valence-corrected chi connectivity index (χ2v) is 5.10. The number of isothiocyanates is 1.